The standard InChI is InChI=1S/C14H14N6O/c21-14(18-5-6-19-10-15-7-11(19)8-18)9-20-13-4-2-1-3-12(13)16-17-20/h1-4,7,10H,5-6,8-9H2. The number of rotatable bonds is 2. The summed E-state index contributed by atoms with van der Waals surface area (Å²) in [5, 5.41) is 8.14. The second-order valence-corrected chi connectivity index (χ2v) is 5.13. The van der Waals surface area contributed by atoms with E-state index < -0.39 is 0 Å². The van der Waals surface area contributed by atoms with E-state index in [4.69, 9.17) is 0 Å². The molecule has 3 heterocycles. The van der Waals surface area contributed by atoms with Gasteiger partial charge in [-0.3, -0.25) is 4.79 Å². The largest absolute Gasteiger partial charge is 0.333 e. The van der Waals surface area contributed by atoms with Crippen LogP contribution in [0.5, 0.6) is 0 Å². The van der Waals surface area contributed by atoms with E-state index in [9.17, 15) is 4.79 Å². The van der Waals surface area contributed by atoms with Crippen LogP contribution in [0.4, 0.5) is 0 Å². The zero-order chi connectivity index (χ0) is 14.2. The van der Waals surface area contributed by atoms with Crippen molar-refractivity contribution in [1.82, 2.24) is 29.4 Å². The normalized spacial score (nSPS) is 14.4. The maximum atomic E-state index is 12.4. The van der Waals surface area contributed by atoms with E-state index in [0.29, 0.717) is 13.1 Å². The quantitative estimate of drug-likeness (QED) is 0.693. The van der Waals surface area contributed by atoms with Crippen molar-refractivity contribution in [2.24, 2.45) is 0 Å². The van der Waals surface area contributed by atoms with E-state index in [1.165, 1.54) is 0 Å². The van der Waals surface area contributed by atoms with Gasteiger partial charge < -0.3 is 9.47 Å². The molecule has 0 saturated heterocycles. The molecule has 0 N–H and O–H groups in total. The predicted octanol–water partition coefficient (Wildman–Crippen LogP) is 0.670. The number of carbonyl (C=O) groups is 1. The first-order valence-electron chi connectivity index (χ1n) is 6.86. The van der Waals surface area contributed by atoms with Gasteiger partial charge in [-0.05, 0) is 12.1 Å². The molecule has 1 aromatic carbocycles. The Labute approximate surface area is 120 Å². The molecule has 2 aromatic heterocycles. The summed E-state index contributed by atoms with van der Waals surface area (Å²) >= 11 is 0. The third-order valence-electron chi connectivity index (χ3n) is 3.82. The maximum absolute atomic E-state index is 12.4. The van der Waals surface area contributed by atoms with Crippen LogP contribution < -0.4 is 0 Å². The lowest BCUT2D eigenvalue weighted by molar-refractivity contribution is -0.133. The van der Waals surface area contributed by atoms with Gasteiger partial charge in [-0.1, -0.05) is 17.3 Å². The lowest BCUT2D eigenvalue weighted by Crippen LogP contribution is -2.39. The van der Waals surface area contributed by atoms with Crippen molar-refractivity contribution in [2.75, 3.05) is 6.54 Å². The van der Waals surface area contributed by atoms with Crippen LogP contribution in [0.15, 0.2) is 36.8 Å². The van der Waals surface area contributed by atoms with Crippen LogP contribution in [0, 0.1) is 0 Å². The summed E-state index contributed by atoms with van der Waals surface area (Å²) in [6.07, 6.45) is 3.62. The first kappa shape index (κ1) is 12.1. The summed E-state index contributed by atoms with van der Waals surface area (Å²) in [5.74, 6) is 0.0538. The van der Waals surface area contributed by atoms with Crippen LogP contribution in [-0.2, 0) is 24.4 Å². The summed E-state index contributed by atoms with van der Waals surface area (Å²) < 4.78 is 3.73. The molecule has 0 spiro atoms. The maximum Gasteiger partial charge on any atom is 0.244 e. The van der Waals surface area contributed by atoms with Crippen molar-refractivity contribution < 1.29 is 4.79 Å². The minimum absolute atomic E-state index is 0.0538. The Morgan fingerprint density at radius 2 is 2.14 bits per heavy atom. The van der Waals surface area contributed by atoms with E-state index in [-0.39, 0.29) is 12.5 Å². The highest BCUT2D eigenvalue weighted by Crippen LogP contribution is 2.14. The third kappa shape index (κ3) is 2.06. The van der Waals surface area contributed by atoms with Gasteiger partial charge in [0.2, 0.25) is 5.91 Å². The number of imidazole rings is 1. The average molecular weight is 282 g/mol. The van der Waals surface area contributed by atoms with Crippen LogP contribution in [0.25, 0.3) is 11.0 Å². The van der Waals surface area contributed by atoms with E-state index in [0.717, 1.165) is 23.3 Å². The summed E-state index contributed by atoms with van der Waals surface area (Å²) in [4.78, 5) is 18.4. The number of hydrogen-bond donors (Lipinski definition) is 0. The molecule has 0 atom stereocenters. The lowest BCUT2D eigenvalue weighted by Gasteiger charge is -2.28. The van der Waals surface area contributed by atoms with Gasteiger partial charge in [0.05, 0.1) is 24.1 Å². The van der Waals surface area contributed by atoms with Gasteiger partial charge in [-0.2, -0.15) is 0 Å². The van der Waals surface area contributed by atoms with Gasteiger partial charge in [-0.15, -0.1) is 5.10 Å². The Morgan fingerprint density at radius 3 is 3.10 bits per heavy atom. The number of hydrogen-bond acceptors (Lipinski definition) is 4. The summed E-state index contributed by atoms with van der Waals surface area (Å²) in [6.45, 7) is 2.31. The average Bonchev–Trinajstić information content (AvgIpc) is 3.13. The van der Waals surface area contributed by atoms with Crippen LogP contribution >= 0.6 is 0 Å². The predicted molar refractivity (Wildman–Crippen MR) is 75.2 cm³/mol. The fraction of sp³-hybridized carbons (Fsp3) is 0.286. The molecule has 0 bridgehead atoms. The zero-order valence-electron chi connectivity index (χ0n) is 11.4. The topological polar surface area (TPSA) is 68.8 Å². The highest BCUT2D eigenvalue weighted by molar-refractivity contribution is 5.79. The molecular formula is C14H14N6O. The lowest BCUT2D eigenvalue weighted by atomic mass is 10.3. The number of nitrogens with zero attached hydrogens (tertiary/aromatic N) is 6. The highest BCUT2D eigenvalue weighted by Gasteiger charge is 2.21. The fourth-order valence-electron chi connectivity index (χ4n) is 2.66. The smallest absolute Gasteiger partial charge is 0.244 e. The summed E-state index contributed by atoms with van der Waals surface area (Å²) in [5.41, 5.74) is 2.76. The number of aromatic nitrogens is 5. The molecule has 0 unspecified atom stereocenters. The van der Waals surface area contributed by atoms with E-state index in [2.05, 4.69) is 19.9 Å². The van der Waals surface area contributed by atoms with Crippen LogP contribution in [0.2, 0.25) is 0 Å². The van der Waals surface area contributed by atoms with E-state index in [1.54, 1.807) is 4.68 Å². The van der Waals surface area contributed by atoms with Crippen molar-refractivity contribution in [1.29, 1.82) is 0 Å². The van der Waals surface area contributed by atoms with Gasteiger partial charge in [0.25, 0.3) is 0 Å². The summed E-state index contributed by atoms with van der Waals surface area (Å²) in [6, 6.07) is 7.65. The molecule has 0 fully saturated rings. The molecule has 3 aromatic rings. The number of amides is 1. The molecule has 21 heavy (non-hydrogen) atoms. The minimum atomic E-state index is 0.0538. The zero-order valence-corrected chi connectivity index (χ0v) is 11.4. The van der Waals surface area contributed by atoms with Gasteiger partial charge in [-0.25, -0.2) is 9.67 Å². The molecule has 1 aliphatic rings. The number of para-hydroxylation sites is 1. The number of carbonyl (C=O) groups excluding carboxylic acids is 1. The first-order chi connectivity index (χ1) is 10.3. The third-order valence-corrected chi connectivity index (χ3v) is 3.82. The fourth-order valence-corrected chi connectivity index (χ4v) is 2.66. The molecule has 0 aliphatic carbocycles. The van der Waals surface area contributed by atoms with E-state index >= 15 is 0 Å². The molecule has 0 radical (unpaired) electrons. The SMILES string of the molecule is O=C(Cn1nnc2ccccc21)N1CCn2cncc2C1. The molecule has 0 saturated carbocycles. The Balaban J connectivity index is 1.54. The molecule has 106 valence electrons. The Hall–Kier alpha value is -2.70. The van der Waals surface area contributed by atoms with Gasteiger partial charge in [0, 0.05) is 19.3 Å². The summed E-state index contributed by atoms with van der Waals surface area (Å²) in [7, 11) is 0. The van der Waals surface area contributed by atoms with Crippen molar-refractivity contribution in [2.45, 2.75) is 19.6 Å². The monoisotopic (exact) mass is 282 g/mol. The van der Waals surface area contributed by atoms with E-state index in [1.807, 2.05) is 41.7 Å². The molecule has 1 amide bonds. The van der Waals surface area contributed by atoms with Crippen molar-refractivity contribution in [3.05, 3.63) is 42.5 Å². The second kappa shape index (κ2) is 4.69. The van der Waals surface area contributed by atoms with Crippen LogP contribution in [0.3, 0.4) is 0 Å². The Morgan fingerprint density at radius 1 is 1.24 bits per heavy atom. The molecule has 1 aliphatic heterocycles. The highest BCUT2D eigenvalue weighted by atomic mass is 16.2. The molecular weight excluding hydrogens is 268 g/mol. The number of fused-ring (bicyclic) bond motifs is 2. The van der Waals surface area contributed by atoms with Crippen LogP contribution in [0.1, 0.15) is 5.69 Å². The van der Waals surface area contributed by atoms with Gasteiger partial charge in [0.15, 0.2) is 0 Å². The first-order valence-corrected chi connectivity index (χ1v) is 6.86. The molecule has 4 rings (SSSR count). The van der Waals surface area contributed by atoms with Crippen molar-refractivity contribution >= 4 is 16.9 Å². The Bertz CT molecular complexity index is 805. The van der Waals surface area contributed by atoms with Crippen molar-refractivity contribution in [3.63, 3.8) is 0 Å². The van der Waals surface area contributed by atoms with Crippen molar-refractivity contribution in [3.8, 4) is 0 Å². The Kier molecular flexibility index (Phi) is 2.70. The molecule has 7 heteroatoms. The van der Waals surface area contributed by atoms with Gasteiger partial charge >= 0.3 is 0 Å². The van der Waals surface area contributed by atoms with Crippen LogP contribution in [-0.4, -0.2) is 41.9 Å². The number of benzene rings is 1. The minimum Gasteiger partial charge on any atom is -0.333 e. The molecule has 7 nitrogen and oxygen atoms in total. The van der Waals surface area contributed by atoms with Gasteiger partial charge in [0.1, 0.15) is 12.1 Å². The second-order valence-electron chi connectivity index (χ2n) is 5.13.